The van der Waals surface area contributed by atoms with E-state index in [9.17, 15) is 4.79 Å². The summed E-state index contributed by atoms with van der Waals surface area (Å²) in [7, 11) is 0. The number of fused-ring (bicyclic) bond motifs is 1. The molecule has 2 heteroatoms. The second kappa shape index (κ2) is 4.56. The summed E-state index contributed by atoms with van der Waals surface area (Å²) < 4.78 is 2.38. The molecule has 2 nitrogen and oxygen atoms in total. The predicted octanol–water partition coefficient (Wildman–Crippen LogP) is 4.00. The molecule has 1 aromatic heterocycles. The molecule has 0 spiro atoms. The lowest BCUT2D eigenvalue weighted by atomic mass is 9.82. The first kappa shape index (κ1) is 13.4. The van der Waals surface area contributed by atoms with Crippen LogP contribution in [0.1, 0.15) is 62.3 Å². The van der Waals surface area contributed by atoms with E-state index in [-0.39, 0.29) is 0 Å². The van der Waals surface area contributed by atoms with Crippen molar-refractivity contribution >= 4 is 5.78 Å². The Bertz CT molecular complexity index is 462. The van der Waals surface area contributed by atoms with Gasteiger partial charge in [0.05, 0.1) is 0 Å². The number of carbonyl (C=O) groups is 1. The van der Waals surface area contributed by atoms with Gasteiger partial charge in [0.1, 0.15) is 0 Å². The van der Waals surface area contributed by atoms with Crippen molar-refractivity contribution in [1.82, 2.24) is 4.57 Å². The summed E-state index contributed by atoms with van der Waals surface area (Å²) >= 11 is 0. The first-order chi connectivity index (χ1) is 8.30. The van der Waals surface area contributed by atoms with Crippen molar-refractivity contribution in [1.29, 1.82) is 0 Å². The zero-order chi connectivity index (χ0) is 13.5. The third-order valence-electron chi connectivity index (χ3n) is 4.47. The van der Waals surface area contributed by atoms with E-state index in [1.165, 1.54) is 11.4 Å². The van der Waals surface area contributed by atoms with Gasteiger partial charge in [0.25, 0.3) is 0 Å². The first-order valence-electron chi connectivity index (χ1n) is 7.03. The van der Waals surface area contributed by atoms with E-state index in [0.717, 1.165) is 31.4 Å². The number of nitrogens with zero attached hydrogens (tertiary/aromatic N) is 1. The highest BCUT2D eigenvalue weighted by Crippen LogP contribution is 2.31. The second-order valence-corrected chi connectivity index (χ2v) is 6.80. The minimum Gasteiger partial charge on any atom is -0.348 e. The maximum Gasteiger partial charge on any atom is 0.164 e. The summed E-state index contributed by atoms with van der Waals surface area (Å²) in [5.41, 5.74) is 3.81. The van der Waals surface area contributed by atoms with Gasteiger partial charge in [-0.05, 0) is 37.2 Å². The number of carbonyl (C=O) groups excluding carboxylic acids is 1. The van der Waals surface area contributed by atoms with Gasteiger partial charge in [-0.1, -0.05) is 27.7 Å². The Kier molecular flexibility index (Phi) is 3.39. The average Bonchev–Trinajstić information content (AvgIpc) is 2.57. The molecule has 18 heavy (non-hydrogen) atoms. The molecule has 0 N–H and O–H groups in total. The molecule has 0 saturated carbocycles. The Hall–Kier alpha value is -1.05. The van der Waals surface area contributed by atoms with Crippen LogP contribution in [0.5, 0.6) is 0 Å². The standard InChI is InChI=1S/C16H25NO/c1-11(16(3,4)5)10-17-12(2)9-13-14(17)7-6-8-15(13)18/h9,11H,6-8,10H2,1-5H3. The van der Waals surface area contributed by atoms with Gasteiger partial charge in [-0.2, -0.15) is 0 Å². The summed E-state index contributed by atoms with van der Waals surface area (Å²) in [5, 5.41) is 0. The molecule has 1 aromatic rings. The average molecular weight is 247 g/mol. The molecule has 0 radical (unpaired) electrons. The first-order valence-corrected chi connectivity index (χ1v) is 7.03. The van der Waals surface area contributed by atoms with Crippen LogP contribution >= 0.6 is 0 Å². The molecular formula is C16H25NO. The number of ketones is 1. The van der Waals surface area contributed by atoms with Crippen molar-refractivity contribution in [2.75, 3.05) is 0 Å². The molecule has 2 rings (SSSR count). The Morgan fingerprint density at radius 3 is 2.61 bits per heavy atom. The SMILES string of the molecule is Cc1cc2c(n1CC(C)C(C)(C)C)CCCC2=O. The van der Waals surface area contributed by atoms with Gasteiger partial charge >= 0.3 is 0 Å². The zero-order valence-corrected chi connectivity index (χ0v) is 12.3. The fraction of sp³-hybridized carbons (Fsp3) is 0.688. The number of aromatic nitrogens is 1. The van der Waals surface area contributed by atoms with Gasteiger partial charge in [-0.25, -0.2) is 0 Å². The quantitative estimate of drug-likeness (QED) is 0.774. The van der Waals surface area contributed by atoms with Crippen LogP contribution < -0.4 is 0 Å². The summed E-state index contributed by atoms with van der Waals surface area (Å²) in [5.74, 6) is 0.936. The van der Waals surface area contributed by atoms with Crippen molar-refractivity contribution in [3.8, 4) is 0 Å². The third kappa shape index (κ3) is 2.38. The van der Waals surface area contributed by atoms with Gasteiger partial charge in [0.15, 0.2) is 5.78 Å². The van der Waals surface area contributed by atoms with Crippen LogP contribution in [0.15, 0.2) is 6.07 Å². The highest BCUT2D eigenvalue weighted by molar-refractivity contribution is 5.98. The topological polar surface area (TPSA) is 22.0 Å². The summed E-state index contributed by atoms with van der Waals surface area (Å²) in [6, 6.07) is 2.09. The molecule has 100 valence electrons. The molecular weight excluding hydrogens is 222 g/mol. The molecule has 1 unspecified atom stereocenters. The number of rotatable bonds is 2. The molecule has 1 aliphatic rings. The lowest BCUT2D eigenvalue weighted by Gasteiger charge is -2.29. The molecule has 0 saturated heterocycles. The Balaban J connectivity index is 2.32. The van der Waals surface area contributed by atoms with Crippen molar-refractivity contribution in [3.63, 3.8) is 0 Å². The molecule has 1 heterocycles. The van der Waals surface area contributed by atoms with Gasteiger partial charge in [-0.15, -0.1) is 0 Å². The van der Waals surface area contributed by atoms with E-state index >= 15 is 0 Å². The van der Waals surface area contributed by atoms with Crippen LogP contribution in [0.3, 0.4) is 0 Å². The van der Waals surface area contributed by atoms with Gasteiger partial charge in [0, 0.05) is 29.9 Å². The second-order valence-electron chi connectivity index (χ2n) is 6.80. The highest BCUT2D eigenvalue weighted by atomic mass is 16.1. The normalized spacial score (nSPS) is 17.7. The van der Waals surface area contributed by atoms with Crippen LogP contribution in [0.4, 0.5) is 0 Å². The molecule has 1 aliphatic carbocycles. The third-order valence-corrected chi connectivity index (χ3v) is 4.47. The Morgan fingerprint density at radius 1 is 1.33 bits per heavy atom. The van der Waals surface area contributed by atoms with E-state index < -0.39 is 0 Å². The lowest BCUT2D eigenvalue weighted by Crippen LogP contribution is -2.24. The van der Waals surface area contributed by atoms with E-state index in [2.05, 4.69) is 45.3 Å². The smallest absolute Gasteiger partial charge is 0.164 e. The molecule has 0 amide bonds. The number of hydrogen-bond acceptors (Lipinski definition) is 1. The van der Waals surface area contributed by atoms with Crippen LogP contribution in [0, 0.1) is 18.3 Å². The van der Waals surface area contributed by atoms with E-state index in [0.29, 0.717) is 17.1 Å². The molecule has 1 atom stereocenters. The lowest BCUT2D eigenvalue weighted by molar-refractivity contribution is 0.0971. The van der Waals surface area contributed by atoms with Crippen LogP contribution in [0.2, 0.25) is 0 Å². The maximum atomic E-state index is 11.9. The van der Waals surface area contributed by atoms with Crippen molar-refractivity contribution in [2.45, 2.75) is 60.4 Å². The fourth-order valence-electron chi connectivity index (χ4n) is 2.59. The summed E-state index contributed by atoms with van der Waals surface area (Å²) in [6.45, 7) is 12.3. The van der Waals surface area contributed by atoms with Gasteiger partial charge < -0.3 is 4.57 Å². The zero-order valence-electron chi connectivity index (χ0n) is 12.3. The molecule has 0 bridgehead atoms. The predicted molar refractivity (Wildman–Crippen MR) is 75.1 cm³/mol. The largest absolute Gasteiger partial charge is 0.348 e. The highest BCUT2D eigenvalue weighted by Gasteiger charge is 2.26. The van der Waals surface area contributed by atoms with Crippen LogP contribution in [-0.4, -0.2) is 10.4 Å². The van der Waals surface area contributed by atoms with E-state index in [1.807, 2.05) is 0 Å². The number of hydrogen-bond donors (Lipinski definition) is 0. The Labute approximate surface area is 110 Å². The maximum absolute atomic E-state index is 11.9. The van der Waals surface area contributed by atoms with E-state index in [4.69, 9.17) is 0 Å². The number of aryl methyl sites for hydroxylation is 1. The van der Waals surface area contributed by atoms with Crippen molar-refractivity contribution in [3.05, 3.63) is 23.0 Å². The van der Waals surface area contributed by atoms with Gasteiger partial charge in [0.2, 0.25) is 0 Å². The molecule has 0 aliphatic heterocycles. The number of Topliss-reactive ketones (excluding diaryl/α,β-unsaturated/α-hetero) is 1. The van der Waals surface area contributed by atoms with Crippen molar-refractivity contribution in [2.24, 2.45) is 11.3 Å². The Morgan fingerprint density at radius 2 is 2.00 bits per heavy atom. The summed E-state index contributed by atoms with van der Waals surface area (Å²) in [6.07, 6.45) is 2.80. The van der Waals surface area contributed by atoms with Crippen LogP contribution in [-0.2, 0) is 13.0 Å². The minimum absolute atomic E-state index is 0.308. The molecule has 0 fully saturated rings. The van der Waals surface area contributed by atoms with E-state index in [1.54, 1.807) is 0 Å². The van der Waals surface area contributed by atoms with Gasteiger partial charge in [-0.3, -0.25) is 4.79 Å². The van der Waals surface area contributed by atoms with Crippen LogP contribution in [0.25, 0.3) is 0 Å². The monoisotopic (exact) mass is 247 g/mol. The fourth-order valence-corrected chi connectivity index (χ4v) is 2.59. The van der Waals surface area contributed by atoms with Crippen molar-refractivity contribution < 1.29 is 4.79 Å². The molecule has 0 aromatic carbocycles. The summed E-state index contributed by atoms with van der Waals surface area (Å²) in [4.78, 5) is 11.9. The minimum atomic E-state index is 0.308.